The minimum absolute atomic E-state index is 0.0938. The number of carbonyl (C=O) groups is 1. The summed E-state index contributed by atoms with van der Waals surface area (Å²) in [6.07, 6.45) is 2.10. The van der Waals surface area contributed by atoms with E-state index in [1.54, 1.807) is 24.3 Å². The molecule has 8 heteroatoms. The summed E-state index contributed by atoms with van der Waals surface area (Å²) in [5.74, 6) is -0.401. The molecule has 126 valence electrons. The quantitative estimate of drug-likeness (QED) is 0.641. The van der Waals surface area contributed by atoms with E-state index in [1.165, 1.54) is 0 Å². The first-order chi connectivity index (χ1) is 11.5. The molecule has 4 N–H and O–H groups in total. The summed E-state index contributed by atoms with van der Waals surface area (Å²) in [7, 11) is 0. The predicted molar refractivity (Wildman–Crippen MR) is 95.8 cm³/mol. The van der Waals surface area contributed by atoms with Crippen LogP contribution >= 0.6 is 23.2 Å². The fourth-order valence-electron chi connectivity index (χ4n) is 2.71. The highest BCUT2D eigenvalue weighted by Crippen LogP contribution is 2.37. The average molecular weight is 367 g/mol. The lowest BCUT2D eigenvalue weighted by Gasteiger charge is -2.15. The molecule has 0 aliphatic carbocycles. The number of nitrogens with zero attached hydrogens (tertiary/aromatic N) is 2. The van der Waals surface area contributed by atoms with Crippen molar-refractivity contribution in [2.45, 2.75) is 12.8 Å². The standard InChI is InChI=1S/C16H16Cl2N4O2/c17-9-3-4-11(18)10(7-9)13-8-12(22-5-1-2-6-22)14(24-13)15(23)21-16(19)20/h3-4,7-8H,1-2,5-6H2,(H4,19,20,21,23). The van der Waals surface area contributed by atoms with E-state index in [4.69, 9.17) is 39.1 Å². The molecule has 1 aliphatic heterocycles. The second kappa shape index (κ2) is 6.75. The maximum absolute atomic E-state index is 12.3. The lowest BCUT2D eigenvalue weighted by molar-refractivity contribution is 0.0978. The van der Waals surface area contributed by atoms with E-state index in [-0.39, 0.29) is 11.7 Å². The SMILES string of the molecule is NC(N)=NC(=O)c1oc(-c2cc(Cl)ccc2Cl)cc1N1CCCC1. The molecule has 0 atom stereocenters. The number of hydrogen-bond acceptors (Lipinski definition) is 3. The van der Waals surface area contributed by atoms with Gasteiger partial charge in [-0.15, -0.1) is 0 Å². The zero-order chi connectivity index (χ0) is 17.3. The molecule has 0 bridgehead atoms. The fourth-order valence-corrected chi connectivity index (χ4v) is 3.10. The third kappa shape index (κ3) is 3.34. The van der Waals surface area contributed by atoms with Gasteiger partial charge in [-0.1, -0.05) is 23.2 Å². The molecule has 1 aliphatic rings. The average Bonchev–Trinajstić information content (AvgIpc) is 3.17. The number of amides is 1. The van der Waals surface area contributed by atoms with Crippen molar-refractivity contribution in [3.05, 3.63) is 40.1 Å². The normalized spacial score (nSPS) is 14.0. The number of anilines is 1. The first kappa shape index (κ1) is 16.7. The molecule has 1 fully saturated rings. The summed E-state index contributed by atoms with van der Waals surface area (Å²) < 4.78 is 5.76. The fraction of sp³-hybridized carbons (Fsp3) is 0.250. The molecule has 0 saturated carbocycles. The summed E-state index contributed by atoms with van der Waals surface area (Å²) in [6, 6.07) is 6.82. The van der Waals surface area contributed by atoms with Crippen LogP contribution in [0.25, 0.3) is 11.3 Å². The number of nitrogens with two attached hydrogens (primary N) is 2. The number of aliphatic imine (C=N–C) groups is 1. The van der Waals surface area contributed by atoms with Crippen molar-refractivity contribution in [2.24, 2.45) is 16.5 Å². The van der Waals surface area contributed by atoms with Crippen LogP contribution in [0.15, 0.2) is 33.7 Å². The van der Waals surface area contributed by atoms with Gasteiger partial charge in [-0.05, 0) is 31.0 Å². The lowest BCUT2D eigenvalue weighted by atomic mass is 10.1. The van der Waals surface area contributed by atoms with Crippen LogP contribution < -0.4 is 16.4 Å². The molecule has 2 aromatic rings. The smallest absolute Gasteiger partial charge is 0.318 e. The lowest BCUT2D eigenvalue weighted by Crippen LogP contribution is -2.25. The highest BCUT2D eigenvalue weighted by Gasteiger charge is 2.26. The van der Waals surface area contributed by atoms with E-state index in [0.717, 1.165) is 25.9 Å². The Morgan fingerprint density at radius 1 is 1.17 bits per heavy atom. The summed E-state index contributed by atoms with van der Waals surface area (Å²) in [4.78, 5) is 18.0. The maximum Gasteiger partial charge on any atom is 0.318 e. The van der Waals surface area contributed by atoms with Crippen molar-refractivity contribution < 1.29 is 9.21 Å². The molecule has 0 spiro atoms. The molecule has 1 saturated heterocycles. The number of halogens is 2. The first-order valence-corrected chi connectivity index (χ1v) is 8.19. The summed E-state index contributed by atoms with van der Waals surface area (Å²) in [5, 5.41) is 0.993. The van der Waals surface area contributed by atoms with E-state index in [1.807, 2.05) is 0 Å². The molecule has 1 aromatic heterocycles. The second-order valence-electron chi connectivity index (χ2n) is 5.49. The van der Waals surface area contributed by atoms with Crippen molar-refractivity contribution in [3.63, 3.8) is 0 Å². The Kier molecular flexibility index (Phi) is 4.69. The van der Waals surface area contributed by atoms with E-state index in [0.29, 0.717) is 27.1 Å². The van der Waals surface area contributed by atoms with Gasteiger partial charge in [0, 0.05) is 29.7 Å². The highest BCUT2D eigenvalue weighted by atomic mass is 35.5. The summed E-state index contributed by atoms with van der Waals surface area (Å²) in [6.45, 7) is 1.68. The van der Waals surface area contributed by atoms with Gasteiger partial charge in [-0.2, -0.15) is 4.99 Å². The molecular formula is C16H16Cl2N4O2. The van der Waals surface area contributed by atoms with Crippen LogP contribution in [0.1, 0.15) is 23.4 Å². The van der Waals surface area contributed by atoms with Gasteiger partial charge in [0.1, 0.15) is 5.76 Å². The third-order valence-corrected chi connectivity index (χ3v) is 4.34. The van der Waals surface area contributed by atoms with Crippen LogP contribution in [0.5, 0.6) is 0 Å². The molecular weight excluding hydrogens is 351 g/mol. The van der Waals surface area contributed by atoms with Gasteiger partial charge in [0.05, 0.1) is 10.7 Å². The largest absolute Gasteiger partial charge is 0.448 e. The third-order valence-electron chi connectivity index (χ3n) is 3.78. The summed E-state index contributed by atoms with van der Waals surface area (Å²) >= 11 is 12.3. The Bertz CT molecular complexity index is 806. The van der Waals surface area contributed by atoms with Crippen LogP contribution in [-0.4, -0.2) is 25.0 Å². The maximum atomic E-state index is 12.3. The number of rotatable bonds is 3. The van der Waals surface area contributed by atoms with Crippen LogP contribution in [0.4, 0.5) is 5.69 Å². The summed E-state index contributed by atoms with van der Waals surface area (Å²) in [5.41, 5.74) is 11.9. The van der Waals surface area contributed by atoms with Crippen LogP contribution in [-0.2, 0) is 0 Å². The molecule has 0 radical (unpaired) electrons. The predicted octanol–water partition coefficient (Wildman–Crippen LogP) is 3.27. The van der Waals surface area contributed by atoms with Crippen molar-refractivity contribution in [2.75, 3.05) is 18.0 Å². The van der Waals surface area contributed by atoms with Crippen LogP contribution in [0.3, 0.4) is 0 Å². The van der Waals surface area contributed by atoms with Crippen LogP contribution in [0, 0.1) is 0 Å². The van der Waals surface area contributed by atoms with E-state index >= 15 is 0 Å². The Labute approximate surface area is 149 Å². The van der Waals surface area contributed by atoms with Gasteiger partial charge >= 0.3 is 5.91 Å². The number of carbonyl (C=O) groups excluding carboxylic acids is 1. The molecule has 0 unspecified atom stereocenters. The molecule has 3 rings (SSSR count). The number of guanidine groups is 1. The second-order valence-corrected chi connectivity index (χ2v) is 6.33. The van der Waals surface area contributed by atoms with Gasteiger partial charge in [0.25, 0.3) is 0 Å². The number of hydrogen-bond donors (Lipinski definition) is 2. The number of furan rings is 1. The van der Waals surface area contributed by atoms with Crippen molar-refractivity contribution >= 4 is 40.8 Å². The minimum atomic E-state index is -0.624. The molecule has 24 heavy (non-hydrogen) atoms. The zero-order valence-corrected chi connectivity index (χ0v) is 14.3. The Morgan fingerprint density at radius 2 is 1.88 bits per heavy atom. The van der Waals surface area contributed by atoms with Crippen LogP contribution in [0.2, 0.25) is 10.0 Å². The minimum Gasteiger partial charge on any atom is -0.448 e. The Balaban J connectivity index is 2.10. The Hall–Kier alpha value is -2.18. The first-order valence-electron chi connectivity index (χ1n) is 7.44. The van der Waals surface area contributed by atoms with Gasteiger partial charge in [0.2, 0.25) is 5.76 Å². The van der Waals surface area contributed by atoms with Crippen molar-refractivity contribution in [1.29, 1.82) is 0 Å². The topological polar surface area (TPSA) is 97.8 Å². The molecule has 1 aromatic carbocycles. The number of benzene rings is 1. The van der Waals surface area contributed by atoms with Gasteiger partial charge in [-0.25, -0.2) is 0 Å². The Morgan fingerprint density at radius 3 is 2.54 bits per heavy atom. The van der Waals surface area contributed by atoms with Gasteiger partial charge < -0.3 is 20.8 Å². The van der Waals surface area contributed by atoms with E-state index in [2.05, 4.69) is 9.89 Å². The van der Waals surface area contributed by atoms with Gasteiger partial charge in [0.15, 0.2) is 5.96 Å². The zero-order valence-electron chi connectivity index (χ0n) is 12.8. The van der Waals surface area contributed by atoms with E-state index < -0.39 is 5.91 Å². The monoisotopic (exact) mass is 366 g/mol. The highest BCUT2D eigenvalue weighted by molar-refractivity contribution is 6.35. The molecule has 2 heterocycles. The molecule has 1 amide bonds. The van der Waals surface area contributed by atoms with Crippen molar-refractivity contribution in [3.8, 4) is 11.3 Å². The van der Waals surface area contributed by atoms with E-state index in [9.17, 15) is 4.79 Å². The van der Waals surface area contributed by atoms with Gasteiger partial charge in [-0.3, -0.25) is 4.79 Å². The molecule has 6 nitrogen and oxygen atoms in total. The van der Waals surface area contributed by atoms with Crippen molar-refractivity contribution in [1.82, 2.24) is 0 Å².